The first kappa shape index (κ1) is 27.6. The van der Waals surface area contributed by atoms with Gasteiger partial charge in [0, 0.05) is 29.6 Å². The molecule has 1 N–H and O–H groups in total. The molecule has 0 spiro atoms. The van der Waals surface area contributed by atoms with Crippen molar-refractivity contribution in [2.45, 2.75) is 39.3 Å². The molecule has 0 aliphatic carbocycles. The van der Waals surface area contributed by atoms with Gasteiger partial charge in [-0.1, -0.05) is 85.6 Å². The number of amides is 2. The number of methoxy groups -OCH3 is 1. The number of hydrogen-bond acceptors (Lipinski definition) is 3. The van der Waals surface area contributed by atoms with Crippen LogP contribution in [0.25, 0.3) is 0 Å². The van der Waals surface area contributed by atoms with E-state index in [0.29, 0.717) is 34.3 Å². The Hall–Kier alpha value is -3.02. The van der Waals surface area contributed by atoms with Gasteiger partial charge in [0.25, 0.3) is 0 Å². The summed E-state index contributed by atoms with van der Waals surface area (Å²) in [6, 6.07) is 21.6. The number of ether oxygens (including phenoxy) is 1. The first-order valence-electron chi connectivity index (χ1n) is 11.9. The number of carbonyl (C=O) groups is 2. The molecular weight excluding hydrogens is 495 g/mol. The molecular formula is C29H32Cl2N2O3. The molecule has 0 aromatic heterocycles. The van der Waals surface area contributed by atoms with Gasteiger partial charge in [-0.3, -0.25) is 9.59 Å². The Morgan fingerprint density at radius 2 is 1.67 bits per heavy atom. The van der Waals surface area contributed by atoms with Gasteiger partial charge in [0.1, 0.15) is 11.8 Å². The minimum atomic E-state index is -0.712. The summed E-state index contributed by atoms with van der Waals surface area (Å²) in [5.41, 5.74) is 2.48. The van der Waals surface area contributed by atoms with E-state index < -0.39 is 6.04 Å². The maximum Gasteiger partial charge on any atom is 0.243 e. The first-order valence-corrected chi connectivity index (χ1v) is 12.7. The van der Waals surface area contributed by atoms with E-state index in [4.69, 9.17) is 27.9 Å². The van der Waals surface area contributed by atoms with Crippen molar-refractivity contribution < 1.29 is 14.3 Å². The summed E-state index contributed by atoms with van der Waals surface area (Å²) in [4.78, 5) is 28.9. The molecule has 190 valence electrons. The first-order chi connectivity index (χ1) is 17.3. The molecule has 0 fully saturated rings. The van der Waals surface area contributed by atoms with E-state index in [1.165, 1.54) is 0 Å². The van der Waals surface area contributed by atoms with Gasteiger partial charge in [-0.05, 0) is 46.9 Å². The summed E-state index contributed by atoms with van der Waals surface area (Å²) >= 11 is 12.4. The predicted octanol–water partition coefficient (Wildman–Crippen LogP) is 5.96. The van der Waals surface area contributed by atoms with Crippen molar-refractivity contribution in [2.75, 3.05) is 13.7 Å². The van der Waals surface area contributed by atoms with Crippen LogP contribution in [0.3, 0.4) is 0 Å². The molecule has 2 amide bonds. The fourth-order valence-corrected chi connectivity index (χ4v) is 4.35. The summed E-state index contributed by atoms with van der Waals surface area (Å²) in [5, 5.41) is 3.94. The Kier molecular flexibility index (Phi) is 10.2. The molecule has 3 aromatic carbocycles. The van der Waals surface area contributed by atoms with E-state index in [-0.39, 0.29) is 30.7 Å². The summed E-state index contributed by atoms with van der Waals surface area (Å²) in [5.74, 6) is 0.569. The number of halogens is 2. The fraction of sp³-hybridized carbons (Fsp3) is 0.310. The van der Waals surface area contributed by atoms with Crippen LogP contribution in [0.1, 0.15) is 30.5 Å². The van der Waals surface area contributed by atoms with Crippen molar-refractivity contribution in [3.63, 3.8) is 0 Å². The summed E-state index contributed by atoms with van der Waals surface area (Å²) in [6.45, 7) is 4.84. The Balaban J connectivity index is 1.99. The summed E-state index contributed by atoms with van der Waals surface area (Å²) in [7, 11) is 1.60. The minimum absolute atomic E-state index is 0.0444. The van der Waals surface area contributed by atoms with Crippen molar-refractivity contribution in [3.8, 4) is 5.75 Å². The molecule has 0 saturated heterocycles. The Bertz CT molecular complexity index is 1170. The van der Waals surface area contributed by atoms with E-state index in [9.17, 15) is 9.59 Å². The second-order valence-electron chi connectivity index (χ2n) is 9.13. The number of nitrogens with zero attached hydrogens (tertiary/aromatic N) is 1. The highest BCUT2D eigenvalue weighted by Gasteiger charge is 2.30. The monoisotopic (exact) mass is 526 g/mol. The zero-order valence-electron chi connectivity index (χ0n) is 20.8. The molecule has 0 heterocycles. The number of benzene rings is 3. The molecule has 0 bridgehead atoms. The molecule has 5 nitrogen and oxygen atoms in total. The van der Waals surface area contributed by atoms with Gasteiger partial charge in [-0.15, -0.1) is 0 Å². The maximum absolute atomic E-state index is 13.8. The van der Waals surface area contributed by atoms with E-state index in [0.717, 1.165) is 11.1 Å². The maximum atomic E-state index is 13.8. The predicted molar refractivity (Wildman–Crippen MR) is 145 cm³/mol. The number of carbonyl (C=O) groups excluding carboxylic acids is 2. The molecule has 0 unspecified atom stereocenters. The van der Waals surface area contributed by atoms with Crippen LogP contribution in [0.5, 0.6) is 5.75 Å². The number of nitrogens with one attached hydrogen (secondary N) is 1. The Morgan fingerprint density at radius 3 is 2.33 bits per heavy atom. The van der Waals surface area contributed by atoms with Crippen molar-refractivity contribution in [2.24, 2.45) is 5.92 Å². The Morgan fingerprint density at radius 1 is 0.944 bits per heavy atom. The van der Waals surface area contributed by atoms with E-state index in [2.05, 4.69) is 5.32 Å². The molecule has 3 aromatic rings. The number of hydrogen-bond donors (Lipinski definition) is 1. The van der Waals surface area contributed by atoms with Gasteiger partial charge in [0.15, 0.2) is 0 Å². The van der Waals surface area contributed by atoms with E-state index >= 15 is 0 Å². The van der Waals surface area contributed by atoms with Gasteiger partial charge in [0.2, 0.25) is 11.8 Å². The SMILES string of the molecule is COc1cccc(CN(C(=O)Cc2ccc(Cl)cc2Cl)[C@@H](Cc2ccccc2)C(=O)NCC(C)C)c1. The molecule has 0 radical (unpaired) electrons. The largest absolute Gasteiger partial charge is 0.497 e. The molecule has 7 heteroatoms. The second-order valence-corrected chi connectivity index (χ2v) is 9.97. The third-order valence-electron chi connectivity index (χ3n) is 5.80. The summed E-state index contributed by atoms with van der Waals surface area (Å²) < 4.78 is 5.38. The third kappa shape index (κ3) is 8.00. The fourth-order valence-electron chi connectivity index (χ4n) is 3.87. The van der Waals surface area contributed by atoms with E-state index in [1.54, 1.807) is 30.2 Å². The van der Waals surface area contributed by atoms with Crippen LogP contribution in [0.4, 0.5) is 0 Å². The van der Waals surface area contributed by atoms with Gasteiger partial charge in [-0.25, -0.2) is 0 Å². The molecule has 3 rings (SSSR count). The van der Waals surface area contributed by atoms with Gasteiger partial charge in [-0.2, -0.15) is 0 Å². The molecule has 0 aliphatic heterocycles. The lowest BCUT2D eigenvalue weighted by atomic mass is 10.0. The van der Waals surface area contributed by atoms with Gasteiger partial charge < -0.3 is 15.0 Å². The zero-order chi connectivity index (χ0) is 26.1. The Labute approximate surface area is 223 Å². The normalized spacial score (nSPS) is 11.7. The lowest BCUT2D eigenvalue weighted by Crippen LogP contribution is -2.51. The molecule has 1 atom stereocenters. The lowest BCUT2D eigenvalue weighted by Gasteiger charge is -2.32. The zero-order valence-corrected chi connectivity index (χ0v) is 22.4. The van der Waals surface area contributed by atoms with Crippen LogP contribution < -0.4 is 10.1 Å². The van der Waals surface area contributed by atoms with Crippen LogP contribution in [0, 0.1) is 5.92 Å². The molecule has 0 saturated carbocycles. The number of rotatable bonds is 11. The highest BCUT2D eigenvalue weighted by molar-refractivity contribution is 6.35. The van der Waals surface area contributed by atoms with Crippen LogP contribution in [0.2, 0.25) is 10.0 Å². The molecule has 0 aliphatic rings. The van der Waals surface area contributed by atoms with Gasteiger partial charge >= 0.3 is 0 Å². The van der Waals surface area contributed by atoms with Crippen molar-refractivity contribution in [1.29, 1.82) is 0 Å². The van der Waals surface area contributed by atoms with Crippen molar-refractivity contribution in [1.82, 2.24) is 10.2 Å². The third-order valence-corrected chi connectivity index (χ3v) is 6.39. The second kappa shape index (κ2) is 13.3. The minimum Gasteiger partial charge on any atom is -0.497 e. The summed E-state index contributed by atoms with van der Waals surface area (Å²) in [6.07, 6.45) is 0.428. The van der Waals surface area contributed by atoms with E-state index in [1.807, 2.05) is 68.4 Å². The topological polar surface area (TPSA) is 58.6 Å². The van der Waals surface area contributed by atoms with Crippen molar-refractivity contribution >= 4 is 35.0 Å². The lowest BCUT2D eigenvalue weighted by molar-refractivity contribution is -0.140. The van der Waals surface area contributed by atoms with Crippen LogP contribution in [-0.4, -0.2) is 36.4 Å². The quantitative estimate of drug-likeness (QED) is 0.335. The van der Waals surface area contributed by atoms with Crippen LogP contribution in [-0.2, 0) is 29.0 Å². The average molecular weight is 527 g/mol. The highest BCUT2D eigenvalue weighted by Crippen LogP contribution is 2.24. The smallest absolute Gasteiger partial charge is 0.243 e. The van der Waals surface area contributed by atoms with Crippen LogP contribution >= 0.6 is 23.2 Å². The standard InChI is InChI=1S/C29H32Cl2N2O3/c1-20(2)18-32-29(35)27(15-21-8-5-4-6-9-21)33(19-22-10-7-11-25(14-22)36-3)28(34)16-23-12-13-24(30)17-26(23)31/h4-14,17,20,27H,15-16,18-19H2,1-3H3,(H,32,35)/t27-/m0/s1. The highest BCUT2D eigenvalue weighted by atomic mass is 35.5. The van der Waals surface area contributed by atoms with Crippen molar-refractivity contribution in [3.05, 3.63) is 99.5 Å². The van der Waals surface area contributed by atoms with Gasteiger partial charge in [0.05, 0.1) is 13.5 Å². The van der Waals surface area contributed by atoms with Crippen LogP contribution in [0.15, 0.2) is 72.8 Å². The average Bonchev–Trinajstić information content (AvgIpc) is 2.87. The molecule has 36 heavy (non-hydrogen) atoms.